The average Bonchev–Trinajstić information content (AvgIpc) is 3.37. The number of fused-ring (bicyclic) bond motifs is 2. The van der Waals surface area contributed by atoms with Gasteiger partial charge in [0.2, 0.25) is 5.91 Å². The molecular weight excluding hydrogens is 376 g/mol. The molecule has 0 saturated carbocycles. The van der Waals surface area contributed by atoms with Crippen molar-refractivity contribution in [2.45, 2.75) is 19.8 Å². The van der Waals surface area contributed by atoms with E-state index in [4.69, 9.17) is 0 Å². The normalized spacial score (nSPS) is 11.2. The molecule has 0 spiro atoms. The molecule has 0 atom stereocenters. The first kappa shape index (κ1) is 18.1. The van der Waals surface area contributed by atoms with Crippen molar-refractivity contribution < 1.29 is 4.79 Å². The van der Waals surface area contributed by atoms with E-state index in [1.54, 1.807) is 18.6 Å². The molecule has 7 nitrogen and oxygen atoms in total. The number of hydrogen-bond donors (Lipinski definition) is 3. The molecule has 5 aromatic rings. The number of nitrogens with one attached hydrogen (secondary N) is 3. The summed E-state index contributed by atoms with van der Waals surface area (Å²) in [7, 11) is 0. The first-order chi connectivity index (χ1) is 14.7. The number of aromatic nitrogens is 5. The molecule has 0 aliphatic rings. The molecule has 5 rings (SSSR count). The van der Waals surface area contributed by atoms with Gasteiger partial charge in [0.15, 0.2) is 0 Å². The number of nitrogens with zero attached hydrogens (tertiary/aromatic N) is 3. The zero-order valence-corrected chi connectivity index (χ0v) is 16.4. The first-order valence-electron chi connectivity index (χ1n) is 9.88. The Morgan fingerprint density at radius 1 is 1.00 bits per heavy atom. The molecule has 148 valence electrons. The minimum absolute atomic E-state index is 0.00248. The minimum atomic E-state index is -0.00248. The van der Waals surface area contributed by atoms with Crippen molar-refractivity contribution in [1.82, 2.24) is 25.1 Å². The first-order valence-corrected chi connectivity index (χ1v) is 9.88. The van der Waals surface area contributed by atoms with Gasteiger partial charge < -0.3 is 10.3 Å². The number of carbonyl (C=O) groups excluding carboxylic acids is 1. The van der Waals surface area contributed by atoms with E-state index in [1.807, 2.05) is 37.4 Å². The van der Waals surface area contributed by atoms with Crippen molar-refractivity contribution in [1.29, 1.82) is 0 Å². The zero-order chi connectivity index (χ0) is 20.5. The monoisotopic (exact) mass is 396 g/mol. The second kappa shape index (κ2) is 7.44. The van der Waals surface area contributed by atoms with E-state index >= 15 is 0 Å². The van der Waals surface area contributed by atoms with Crippen molar-refractivity contribution in [2.24, 2.45) is 0 Å². The van der Waals surface area contributed by atoms with Crippen LogP contribution in [0, 0.1) is 0 Å². The Kier molecular flexibility index (Phi) is 4.48. The predicted molar refractivity (Wildman–Crippen MR) is 118 cm³/mol. The lowest BCUT2D eigenvalue weighted by Gasteiger charge is -2.07. The fraction of sp³-hybridized carbons (Fsp3) is 0.130. The van der Waals surface area contributed by atoms with E-state index in [0.29, 0.717) is 12.1 Å². The number of aromatic amines is 2. The second-order valence-electron chi connectivity index (χ2n) is 7.24. The quantitative estimate of drug-likeness (QED) is 0.393. The minimum Gasteiger partial charge on any atom is -0.352 e. The van der Waals surface area contributed by atoms with Gasteiger partial charge >= 0.3 is 0 Å². The van der Waals surface area contributed by atoms with E-state index < -0.39 is 0 Å². The third-order valence-electron chi connectivity index (χ3n) is 5.07. The zero-order valence-electron chi connectivity index (χ0n) is 16.4. The Hall–Kier alpha value is -4.00. The van der Waals surface area contributed by atoms with E-state index in [1.165, 1.54) is 0 Å². The van der Waals surface area contributed by atoms with Gasteiger partial charge in [-0.25, -0.2) is 0 Å². The van der Waals surface area contributed by atoms with Gasteiger partial charge in [-0.3, -0.25) is 19.9 Å². The third kappa shape index (κ3) is 3.30. The summed E-state index contributed by atoms with van der Waals surface area (Å²) < 4.78 is 0. The number of amides is 1. The van der Waals surface area contributed by atoms with Crippen LogP contribution in [0.2, 0.25) is 0 Å². The highest BCUT2D eigenvalue weighted by Gasteiger charge is 2.13. The van der Waals surface area contributed by atoms with Gasteiger partial charge in [-0.05, 0) is 42.3 Å². The lowest BCUT2D eigenvalue weighted by Crippen LogP contribution is -2.10. The van der Waals surface area contributed by atoms with Crippen LogP contribution in [0.25, 0.3) is 44.3 Å². The SMILES string of the molecule is CCCC(=O)Nc1cncc(-c2ccc3[nH]nc(-c4cc5ccncc5[nH]4)c3c2)c1. The third-order valence-corrected chi connectivity index (χ3v) is 5.07. The van der Waals surface area contributed by atoms with Crippen molar-refractivity contribution >= 4 is 33.4 Å². The largest absolute Gasteiger partial charge is 0.352 e. The van der Waals surface area contributed by atoms with Crippen molar-refractivity contribution in [3.05, 3.63) is 61.2 Å². The molecule has 0 saturated heterocycles. The van der Waals surface area contributed by atoms with E-state index in [9.17, 15) is 4.79 Å². The summed E-state index contributed by atoms with van der Waals surface area (Å²) in [6, 6.07) is 12.1. The van der Waals surface area contributed by atoms with Gasteiger partial charge in [0.25, 0.3) is 0 Å². The molecular formula is C23H20N6O. The van der Waals surface area contributed by atoms with Gasteiger partial charge in [0.1, 0.15) is 5.69 Å². The van der Waals surface area contributed by atoms with Gasteiger partial charge in [-0.1, -0.05) is 13.0 Å². The van der Waals surface area contributed by atoms with Crippen molar-refractivity contribution in [2.75, 3.05) is 5.32 Å². The van der Waals surface area contributed by atoms with Crippen LogP contribution in [0.15, 0.2) is 61.2 Å². The number of carbonyl (C=O) groups is 1. The molecule has 0 radical (unpaired) electrons. The molecule has 4 heterocycles. The Labute approximate surface area is 172 Å². The summed E-state index contributed by atoms with van der Waals surface area (Å²) in [5.74, 6) is -0.00248. The molecule has 7 heteroatoms. The second-order valence-corrected chi connectivity index (χ2v) is 7.24. The van der Waals surface area contributed by atoms with Crippen molar-refractivity contribution in [3.63, 3.8) is 0 Å². The molecule has 30 heavy (non-hydrogen) atoms. The number of rotatable bonds is 5. The number of H-pyrrole nitrogens is 2. The molecule has 4 aromatic heterocycles. The topological polar surface area (TPSA) is 99.3 Å². The Morgan fingerprint density at radius 2 is 1.93 bits per heavy atom. The standard InChI is InChI=1S/C23H20N6O/c1-2-3-22(30)26-17-8-16(11-25-12-17)14-4-5-19-18(9-14)23(29-28-19)20-10-15-6-7-24-13-21(15)27-20/h4-13,27H,2-3H2,1H3,(H,26,30)(H,28,29). The predicted octanol–water partition coefficient (Wildman–Crippen LogP) is 4.91. The Bertz CT molecular complexity index is 1330. The summed E-state index contributed by atoms with van der Waals surface area (Å²) in [6.45, 7) is 1.98. The fourth-order valence-corrected chi connectivity index (χ4v) is 3.62. The smallest absolute Gasteiger partial charge is 0.224 e. The number of benzene rings is 1. The number of hydrogen-bond acceptors (Lipinski definition) is 4. The van der Waals surface area contributed by atoms with Crippen LogP contribution in [-0.2, 0) is 4.79 Å². The summed E-state index contributed by atoms with van der Waals surface area (Å²) in [5, 5.41) is 12.6. The molecule has 1 aromatic carbocycles. The highest BCUT2D eigenvalue weighted by Crippen LogP contribution is 2.32. The number of pyridine rings is 2. The highest BCUT2D eigenvalue weighted by molar-refractivity contribution is 5.98. The van der Waals surface area contributed by atoms with Crippen molar-refractivity contribution in [3.8, 4) is 22.5 Å². The summed E-state index contributed by atoms with van der Waals surface area (Å²) in [5.41, 5.74) is 6.33. The van der Waals surface area contributed by atoms with Crippen LogP contribution >= 0.6 is 0 Å². The average molecular weight is 396 g/mol. The van der Waals surface area contributed by atoms with Gasteiger partial charge in [-0.15, -0.1) is 0 Å². The Morgan fingerprint density at radius 3 is 2.80 bits per heavy atom. The van der Waals surface area contributed by atoms with Gasteiger partial charge in [0.05, 0.1) is 34.8 Å². The molecule has 0 aliphatic heterocycles. The molecule has 0 bridgehead atoms. The van der Waals surface area contributed by atoms with Crippen LogP contribution in [0.3, 0.4) is 0 Å². The van der Waals surface area contributed by atoms with E-state index in [2.05, 4.69) is 42.6 Å². The highest BCUT2D eigenvalue weighted by atomic mass is 16.1. The van der Waals surface area contributed by atoms with E-state index in [0.717, 1.165) is 50.7 Å². The molecule has 1 amide bonds. The van der Waals surface area contributed by atoms with Crippen LogP contribution in [0.1, 0.15) is 19.8 Å². The lowest BCUT2D eigenvalue weighted by molar-refractivity contribution is -0.116. The van der Waals surface area contributed by atoms with E-state index in [-0.39, 0.29) is 5.91 Å². The van der Waals surface area contributed by atoms with Gasteiger partial charge in [-0.2, -0.15) is 5.10 Å². The molecule has 3 N–H and O–H groups in total. The number of anilines is 1. The summed E-state index contributed by atoms with van der Waals surface area (Å²) in [4.78, 5) is 23.8. The van der Waals surface area contributed by atoms with Gasteiger partial charge in [0, 0.05) is 35.2 Å². The molecule has 0 unspecified atom stereocenters. The van der Waals surface area contributed by atoms with Crippen LogP contribution in [0.5, 0.6) is 0 Å². The van der Waals surface area contributed by atoms with Crippen LogP contribution < -0.4 is 5.32 Å². The van der Waals surface area contributed by atoms with Crippen LogP contribution in [-0.4, -0.2) is 31.1 Å². The Balaban J connectivity index is 1.54. The maximum Gasteiger partial charge on any atom is 0.224 e. The van der Waals surface area contributed by atoms with Crippen LogP contribution in [0.4, 0.5) is 5.69 Å². The maximum atomic E-state index is 11.9. The lowest BCUT2D eigenvalue weighted by atomic mass is 10.0. The maximum absolute atomic E-state index is 11.9. The molecule has 0 fully saturated rings. The molecule has 0 aliphatic carbocycles. The fourth-order valence-electron chi connectivity index (χ4n) is 3.62. The summed E-state index contributed by atoms with van der Waals surface area (Å²) >= 11 is 0. The summed E-state index contributed by atoms with van der Waals surface area (Å²) in [6.07, 6.45) is 8.35.